The number of H-pyrrole nitrogens is 1. The second kappa shape index (κ2) is 5.50. The van der Waals surface area contributed by atoms with Crippen LogP contribution in [0.3, 0.4) is 0 Å². The Balaban J connectivity index is 1.89. The van der Waals surface area contributed by atoms with Crippen molar-refractivity contribution in [3.8, 4) is 5.75 Å². The molecule has 2 aromatic rings. The number of carbonyl (C=O) groups excluding carboxylic acids is 1. The minimum absolute atomic E-state index is 0.0464. The Morgan fingerprint density at radius 2 is 2.33 bits per heavy atom. The summed E-state index contributed by atoms with van der Waals surface area (Å²) in [6, 6.07) is 4.30. The van der Waals surface area contributed by atoms with E-state index in [0.29, 0.717) is 24.4 Å². The number of nitrogens with zero attached hydrogens (tertiary/aromatic N) is 2. The molecule has 0 unspecified atom stereocenters. The lowest BCUT2D eigenvalue weighted by Gasteiger charge is -2.05. The summed E-state index contributed by atoms with van der Waals surface area (Å²) >= 11 is 5.72. The van der Waals surface area contributed by atoms with Crippen LogP contribution in [-0.2, 0) is 6.42 Å². The van der Waals surface area contributed by atoms with E-state index >= 15 is 0 Å². The van der Waals surface area contributed by atoms with Crippen molar-refractivity contribution in [2.45, 2.75) is 6.42 Å². The Kier molecular flexibility index (Phi) is 3.78. The Morgan fingerprint density at radius 1 is 1.50 bits per heavy atom. The highest BCUT2D eigenvalue weighted by Gasteiger charge is 2.08. The summed E-state index contributed by atoms with van der Waals surface area (Å²) in [5.41, 5.74) is 0.398. The summed E-state index contributed by atoms with van der Waals surface area (Å²) in [5, 5.41) is 18.5. The number of nitrogens with one attached hydrogen (secondary N) is 2. The molecule has 0 aliphatic heterocycles. The molecule has 0 bridgehead atoms. The largest absolute Gasteiger partial charge is 0.506 e. The number of halogens is 1. The van der Waals surface area contributed by atoms with Crippen LogP contribution in [0.2, 0.25) is 5.02 Å². The van der Waals surface area contributed by atoms with Gasteiger partial charge in [0.25, 0.3) is 5.91 Å². The van der Waals surface area contributed by atoms with Crippen LogP contribution in [0, 0.1) is 0 Å². The zero-order valence-corrected chi connectivity index (χ0v) is 10.1. The molecule has 6 nitrogen and oxygen atoms in total. The number of hydrogen-bond donors (Lipinski definition) is 3. The first-order valence-electron chi connectivity index (χ1n) is 5.28. The minimum atomic E-state index is -0.253. The molecule has 0 saturated carbocycles. The predicted molar refractivity (Wildman–Crippen MR) is 65.5 cm³/mol. The van der Waals surface area contributed by atoms with Crippen molar-refractivity contribution >= 4 is 17.5 Å². The summed E-state index contributed by atoms with van der Waals surface area (Å²) < 4.78 is 0. The molecule has 18 heavy (non-hydrogen) atoms. The van der Waals surface area contributed by atoms with Gasteiger partial charge in [0.15, 0.2) is 0 Å². The maximum absolute atomic E-state index is 11.7. The first kappa shape index (κ1) is 12.4. The van der Waals surface area contributed by atoms with Crippen LogP contribution in [-0.4, -0.2) is 32.7 Å². The van der Waals surface area contributed by atoms with E-state index in [1.807, 2.05) is 0 Å². The van der Waals surface area contributed by atoms with E-state index in [1.165, 1.54) is 24.5 Å². The van der Waals surface area contributed by atoms with Crippen molar-refractivity contribution in [2.75, 3.05) is 6.54 Å². The third-order valence-corrected chi connectivity index (χ3v) is 2.62. The molecular weight excluding hydrogens is 256 g/mol. The summed E-state index contributed by atoms with van der Waals surface area (Å²) in [4.78, 5) is 15.7. The fourth-order valence-corrected chi connectivity index (χ4v) is 1.58. The van der Waals surface area contributed by atoms with Gasteiger partial charge in [0.1, 0.15) is 17.9 Å². The first-order valence-corrected chi connectivity index (χ1v) is 5.65. The van der Waals surface area contributed by atoms with Crippen LogP contribution < -0.4 is 5.32 Å². The fourth-order valence-electron chi connectivity index (χ4n) is 1.40. The predicted octanol–water partition coefficient (Wildman–Crippen LogP) is 1.14. The van der Waals surface area contributed by atoms with E-state index in [9.17, 15) is 9.90 Å². The molecule has 2 rings (SSSR count). The van der Waals surface area contributed by atoms with Gasteiger partial charge in [-0.25, -0.2) is 4.98 Å². The van der Waals surface area contributed by atoms with Crippen molar-refractivity contribution in [3.05, 3.63) is 40.9 Å². The Hall–Kier alpha value is -2.08. The number of benzene rings is 1. The second-order valence-electron chi connectivity index (χ2n) is 3.60. The molecule has 1 aromatic heterocycles. The van der Waals surface area contributed by atoms with Gasteiger partial charge in [-0.1, -0.05) is 11.6 Å². The van der Waals surface area contributed by atoms with Crippen LogP contribution in [0.1, 0.15) is 16.2 Å². The number of phenols is 1. The molecule has 0 fully saturated rings. The molecule has 1 amide bonds. The molecule has 1 aromatic carbocycles. The van der Waals surface area contributed by atoms with Gasteiger partial charge in [0, 0.05) is 18.5 Å². The molecular formula is C11H11ClN4O2. The summed E-state index contributed by atoms with van der Waals surface area (Å²) in [5.74, 6) is 0.408. The molecule has 0 radical (unpaired) electrons. The van der Waals surface area contributed by atoms with Crippen LogP contribution in [0.15, 0.2) is 24.5 Å². The van der Waals surface area contributed by atoms with Crippen molar-refractivity contribution in [1.82, 2.24) is 20.5 Å². The number of aromatic amines is 1. The molecule has 1 heterocycles. The zero-order valence-electron chi connectivity index (χ0n) is 9.35. The molecule has 0 spiro atoms. The highest BCUT2D eigenvalue weighted by molar-refractivity contribution is 6.32. The van der Waals surface area contributed by atoms with E-state index in [4.69, 9.17) is 11.6 Å². The average molecular weight is 267 g/mol. The first-order chi connectivity index (χ1) is 8.66. The van der Waals surface area contributed by atoms with Crippen LogP contribution in [0.4, 0.5) is 0 Å². The van der Waals surface area contributed by atoms with E-state index in [2.05, 4.69) is 20.5 Å². The number of rotatable bonds is 4. The molecule has 0 aliphatic rings. The van der Waals surface area contributed by atoms with Crippen molar-refractivity contribution < 1.29 is 9.90 Å². The number of phenolic OH excluding ortho intramolecular Hbond substituents is 1. The lowest BCUT2D eigenvalue weighted by atomic mass is 10.2. The van der Waals surface area contributed by atoms with Gasteiger partial charge in [0.05, 0.1) is 5.02 Å². The lowest BCUT2D eigenvalue weighted by molar-refractivity contribution is 0.0954. The quantitative estimate of drug-likeness (QED) is 0.774. The smallest absolute Gasteiger partial charge is 0.251 e. The topological polar surface area (TPSA) is 90.9 Å². The highest BCUT2D eigenvalue weighted by atomic mass is 35.5. The number of aromatic hydroxyl groups is 1. The van der Waals surface area contributed by atoms with E-state index in [0.717, 1.165) is 0 Å². The molecule has 7 heteroatoms. The third kappa shape index (κ3) is 2.98. The molecule has 94 valence electrons. The Labute approximate surface area is 108 Å². The van der Waals surface area contributed by atoms with Crippen LogP contribution >= 0.6 is 11.6 Å². The Bertz CT molecular complexity index is 542. The number of amides is 1. The molecule has 0 aliphatic carbocycles. The van der Waals surface area contributed by atoms with Crippen LogP contribution in [0.25, 0.3) is 0 Å². The minimum Gasteiger partial charge on any atom is -0.506 e. The summed E-state index contributed by atoms with van der Waals surface area (Å²) in [7, 11) is 0. The SMILES string of the molecule is O=C(NCCc1ncn[nH]1)c1ccc(O)c(Cl)c1. The van der Waals surface area contributed by atoms with Gasteiger partial charge in [-0.15, -0.1) is 0 Å². The standard InChI is InChI=1S/C11H11ClN4O2/c12-8-5-7(1-2-9(8)17)11(18)13-4-3-10-14-6-15-16-10/h1-2,5-6,17H,3-4H2,(H,13,18)(H,14,15,16). The molecule has 3 N–H and O–H groups in total. The van der Waals surface area contributed by atoms with Gasteiger partial charge in [-0.05, 0) is 18.2 Å². The zero-order chi connectivity index (χ0) is 13.0. The van der Waals surface area contributed by atoms with Crippen molar-refractivity contribution in [3.63, 3.8) is 0 Å². The van der Waals surface area contributed by atoms with Gasteiger partial charge in [0.2, 0.25) is 0 Å². The maximum Gasteiger partial charge on any atom is 0.251 e. The number of aromatic nitrogens is 3. The highest BCUT2D eigenvalue weighted by Crippen LogP contribution is 2.23. The van der Waals surface area contributed by atoms with Gasteiger partial charge < -0.3 is 10.4 Å². The monoisotopic (exact) mass is 266 g/mol. The third-order valence-electron chi connectivity index (χ3n) is 2.32. The van der Waals surface area contributed by atoms with Gasteiger partial charge >= 0.3 is 0 Å². The fraction of sp³-hybridized carbons (Fsp3) is 0.182. The second-order valence-corrected chi connectivity index (χ2v) is 4.01. The van der Waals surface area contributed by atoms with Crippen LogP contribution in [0.5, 0.6) is 5.75 Å². The molecule has 0 atom stereocenters. The normalized spacial score (nSPS) is 10.3. The number of carbonyl (C=O) groups is 1. The van der Waals surface area contributed by atoms with E-state index in [1.54, 1.807) is 0 Å². The van der Waals surface area contributed by atoms with E-state index < -0.39 is 0 Å². The maximum atomic E-state index is 11.7. The van der Waals surface area contributed by atoms with Gasteiger partial charge in [-0.2, -0.15) is 5.10 Å². The number of hydrogen-bond acceptors (Lipinski definition) is 4. The summed E-state index contributed by atoms with van der Waals surface area (Å²) in [6.07, 6.45) is 1.98. The van der Waals surface area contributed by atoms with Gasteiger partial charge in [-0.3, -0.25) is 9.89 Å². The van der Waals surface area contributed by atoms with Crippen molar-refractivity contribution in [1.29, 1.82) is 0 Å². The molecule has 0 saturated heterocycles. The summed E-state index contributed by atoms with van der Waals surface area (Å²) in [6.45, 7) is 0.437. The van der Waals surface area contributed by atoms with E-state index in [-0.39, 0.29) is 16.7 Å². The average Bonchev–Trinajstić information content (AvgIpc) is 2.85. The Morgan fingerprint density at radius 3 is 3.00 bits per heavy atom. The van der Waals surface area contributed by atoms with Crippen molar-refractivity contribution in [2.24, 2.45) is 0 Å². The lowest BCUT2D eigenvalue weighted by Crippen LogP contribution is -2.25.